The maximum Gasteiger partial charge on any atom is 0.447 e. The van der Waals surface area contributed by atoms with E-state index in [-0.39, 0.29) is 29.0 Å². The summed E-state index contributed by atoms with van der Waals surface area (Å²) in [7, 11) is 0. The van der Waals surface area contributed by atoms with E-state index in [1.807, 2.05) is 0 Å². The molecule has 10 heteroatoms. The average Bonchev–Trinajstić information content (AvgIpc) is 2.80. The normalized spacial score (nSPS) is 11.8. The minimum Gasteiger partial charge on any atom is -0.444 e. The summed E-state index contributed by atoms with van der Waals surface area (Å²) in [6, 6.07) is 3.27. The maximum absolute atomic E-state index is 12.9. The molecule has 0 aliphatic rings. The van der Waals surface area contributed by atoms with Crippen molar-refractivity contribution in [1.82, 2.24) is 14.7 Å². The lowest BCUT2D eigenvalue weighted by Crippen LogP contribution is -2.32. The number of imidazole rings is 1. The van der Waals surface area contributed by atoms with E-state index >= 15 is 0 Å². The highest BCUT2D eigenvalue weighted by atomic mass is 79.9. The number of alkyl carbamates (subject to hydrolysis) is 1. The van der Waals surface area contributed by atoms with Crippen molar-refractivity contribution in [2.45, 2.75) is 36.9 Å². The van der Waals surface area contributed by atoms with Crippen LogP contribution in [0.25, 0.3) is 5.65 Å². The lowest BCUT2D eigenvalue weighted by atomic mass is 10.2. The Kier molecular flexibility index (Phi) is 6.13. The van der Waals surface area contributed by atoms with E-state index in [9.17, 15) is 18.0 Å². The molecule has 0 radical (unpaired) electrons. The van der Waals surface area contributed by atoms with Crippen molar-refractivity contribution in [3.8, 4) is 11.8 Å². The van der Waals surface area contributed by atoms with E-state index in [0.29, 0.717) is 10.1 Å². The molecular formula is C16H15BrF3N3O2S. The third-order valence-corrected chi connectivity index (χ3v) is 4.13. The number of halogens is 4. The Balaban J connectivity index is 2.23. The Morgan fingerprint density at radius 2 is 2.12 bits per heavy atom. The van der Waals surface area contributed by atoms with E-state index in [2.05, 4.69) is 38.1 Å². The lowest BCUT2D eigenvalue weighted by Gasteiger charge is -2.18. The second-order valence-corrected chi connectivity index (χ2v) is 7.93. The molecule has 0 saturated carbocycles. The Morgan fingerprint density at radius 3 is 2.73 bits per heavy atom. The number of aromatic nitrogens is 2. The van der Waals surface area contributed by atoms with Crippen molar-refractivity contribution >= 4 is 39.4 Å². The van der Waals surface area contributed by atoms with E-state index in [0.717, 1.165) is 0 Å². The van der Waals surface area contributed by atoms with Crippen LogP contribution < -0.4 is 5.32 Å². The third-order valence-electron chi connectivity index (χ3n) is 2.70. The van der Waals surface area contributed by atoms with Crippen molar-refractivity contribution in [3.63, 3.8) is 0 Å². The fraction of sp³-hybridized carbons (Fsp3) is 0.375. The van der Waals surface area contributed by atoms with Gasteiger partial charge in [-0.3, -0.25) is 4.40 Å². The highest BCUT2D eigenvalue weighted by molar-refractivity contribution is 9.10. The van der Waals surface area contributed by atoms with E-state index < -0.39 is 17.2 Å². The van der Waals surface area contributed by atoms with Gasteiger partial charge in [-0.15, -0.1) is 0 Å². The van der Waals surface area contributed by atoms with Crippen LogP contribution in [0, 0.1) is 11.8 Å². The van der Waals surface area contributed by atoms with E-state index in [1.54, 1.807) is 32.9 Å². The summed E-state index contributed by atoms with van der Waals surface area (Å²) in [5, 5.41) is 2.27. The van der Waals surface area contributed by atoms with Gasteiger partial charge in [0.1, 0.15) is 16.3 Å². The van der Waals surface area contributed by atoms with Gasteiger partial charge in [0.15, 0.2) is 5.65 Å². The fourth-order valence-electron chi connectivity index (χ4n) is 1.86. The summed E-state index contributed by atoms with van der Waals surface area (Å²) in [5.41, 5.74) is -4.83. The minimum atomic E-state index is -4.48. The number of carbonyl (C=O) groups excluding carboxylic acids is 1. The molecule has 0 unspecified atom stereocenters. The van der Waals surface area contributed by atoms with Gasteiger partial charge < -0.3 is 10.1 Å². The first-order valence-electron chi connectivity index (χ1n) is 7.34. The molecule has 0 aliphatic carbocycles. The highest BCUT2D eigenvalue weighted by Gasteiger charge is 2.33. The molecule has 0 atom stereocenters. The molecule has 2 aromatic rings. The van der Waals surface area contributed by atoms with Crippen LogP contribution in [0.15, 0.2) is 27.8 Å². The predicted octanol–water partition coefficient (Wildman–Crippen LogP) is 4.58. The molecule has 5 nitrogen and oxygen atoms in total. The molecule has 0 fully saturated rings. The molecule has 2 aromatic heterocycles. The van der Waals surface area contributed by atoms with Crippen molar-refractivity contribution in [2.75, 3.05) is 6.54 Å². The fourth-order valence-corrected chi connectivity index (χ4v) is 2.95. The molecule has 0 saturated heterocycles. The number of hydrogen-bond acceptors (Lipinski definition) is 4. The van der Waals surface area contributed by atoms with Gasteiger partial charge in [-0.05, 0) is 54.8 Å². The third kappa shape index (κ3) is 5.85. The Morgan fingerprint density at radius 1 is 1.42 bits per heavy atom. The molecule has 2 rings (SSSR count). The molecule has 1 N–H and O–H groups in total. The predicted molar refractivity (Wildman–Crippen MR) is 95.9 cm³/mol. The number of nitrogens with one attached hydrogen (secondary N) is 1. The number of amides is 1. The maximum atomic E-state index is 12.9. The van der Waals surface area contributed by atoms with Gasteiger partial charge >= 0.3 is 11.6 Å². The summed E-state index contributed by atoms with van der Waals surface area (Å²) in [4.78, 5) is 15.7. The SMILES string of the molecule is CC(C)(C)OC(=O)NCC#Cc1nc2c(Br)cccn2c1SC(F)(F)F. The monoisotopic (exact) mass is 449 g/mol. The summed E-state index contributed by atoms with van der Waals surface area (Å²) >= 11 is 2.97. The zero-order valence-electron chi connectivity index (χ0n) is 14.1. The van der Waals surface area contributed by atoms with Crippen LogP contribution in [-0.4, -0.2) is 33.1 Å². The smallest absolute Gasteiger partial charge is 0.444 e. The molecule has 0 aromatic carbocycles. The van der Waals surface area contributed by atoms with Gasteiger partial charge in [0, 0.05) is 18.0 Å². The number of ether oxygens (including phenoxy) is 1. The highest BCUT2D eigenvalue weighted by Crippen LogP contribution is 2.39. The Bertz CT molecular complexity index is 879. The first kappa shape index (κ1) is 20.5. The molecule has 1 amide bonds. The van der Waals surface area contributed by atoms with Crippen LogP contribution in [0.2, 0.25) is 0 Å². The van der Waals surface area contributed by atoms with E-state index in [4.69, 9.17) is 4.74 Å². The molecular weight excluding hydrogens is 435 g/mol. The summed E-state index contributed by atoms with van der Waals surface area (Å²) in [5.74, 6) is 5.17. The van der Waals surface area contributed by atoms with Gasteiger partial charge in [0.05, 0.1) is 11.0 Å². The molecule has 26 heavy (non-hydrogen) atoms. The van der Waals surface area contributed by atoms with Gasteiger partial charge in [-0.2, -0.15) is 13.2 Å². The van der Waals surface area contributed by atoms with Gasteiger partial charge in [-0.1, -0.05) is 5.92 Å². The number of fused-ring (bicyclic) bond motifs is 1. The van der Waals surface area contributed by atoms with Gasteiger partial charge in [-0.25, -0.2) is 9.78 Å². The van der Waals surface area contributed by atoms with Gasteiger partial charge in [0.2, 0.25) is 0 Å². The number of rotatable bonds is 2. The molecule has 0 spiro atoms. The van der Waals surface area contributed by atoms with E-state index in [1.165, 1.54) is 10.6 Å². The first-order chi connectivity index (χ1) is 12.0. The second kappa shape index (κ2) is 7.80. The standard InChI is InChI=1S/C16H15BrF3N3O2S/c1-15(2,3)25-14(24)21-8-4-7-11-13(26-16(18,19)20)23-9-5-6-10(17)12(23)22-11/h5-6,9H,8H2,1-3H3,(H,21,24). The van der Waals surface area contributed by atoms with Gasteiger partial charge in [0.25, 0.3) is 0 Å². The Labute approximate surface area is 160 Å². The average molecular weight is 450 g/mol. The molecule has 140 valence electrons. The summed E-state index contributed by atoms with van der Waals surface area (Å²) in [6.07, 6.45) is 0.820. The quantitative estimate of drug-likeness (QED) is 0.538. The second-order valence-electron chi connectivity index (χ2n) is 6.02. The van der Waals surface area contributed by atoms with Crippen LogP contribution in [-0.2, 0) is 4.74 Å². The first-order valence-corrected chi connectivity index (χ1v) is 8.95. The number of thioether (sulfide) groups is 1. The number of hydrogen-bond donors (Lipinski definition) is 1. The Hall–Kier alpha value is -1.86. The van der Waals surface area contributed by atoms with Crippen molar-refractivity contribution in [1.29, 1.82) is 0 Å². The molecule has 0 aliphatic heterocycles. The zero-order valence-corrected chi connectivity index (χ0v) is 16.5. The van der Waals surface area contributed by atoms with Crippen LogP contribution in [0.5, 0.6) is 0 Å². The van der Waals surface area contributed by atoms with Crippen molar-refractivity contribution < 1.29 is 22.7 Å². The van der Waals surface area contributed by atoms with Crippen molar-refractivity contribution in [2.24, 2.45) is 0 Å². The van der Waals surface area contributed by atoms with Crippen LogP contribution >= 0.6 is 27.7 Å². The largest absolute Gasteiger partial charge is 0.447 e. The number of pyridine rings is 1. The topological polar surface area (TPSA) is 55.6 Å². The lowest BCUT2D eigenvalue weighted by molar-refractivity contribution is -0.0330. The van der Waals surface area contributed by atoms with Crippen LogP contribution in [0.1, 0.15) is 26.5 Å². The zero-order chi connectivity index (χ0) is 19.5. The van der Waals surface area contributed by atoms with Crippen molar-refractivity contribution in [3.05, 3.63) is 28.5 Å². The number of alkyl halides is 3. The number of nitrogens with zero attached hydrogens (tertiary/aromatic N) is 2. The number of carbonyl (C=O) groups is 1. The van der Waals surface area contributed by atoms with Crippen LogP contribution in [0.3, 0.4) is 0 Å². The molecule has 0 bridgehead atoms. The summed E-state index contributed by atoms with van der Waals surface area (Å²) in [6.45, 7) is 5.06. The molecule has 2 heterocycles. The minimum absolute atomic E-state index is 0.0230. The van der Waals surface area contributed by atoms with Crippen LogP contribution in [0.4, 0.5) is 18.0 Å². The summed E-state index contributed by atoms with van der Waals surface area (Å²) < 4.78 is 45.5.